The topological polar surface area (TPSA) is 26.3 Å². The summed E-state index contributed by atoms with van der Waals surface area (Å²) >= 11 is 0. The van der Waals surface area contributed by atoms with Crippen molar-refractivity contribution in [1.82, 2.24) is 0 Å². The summed E-state index contributed by atoms with van der Waals surface area (Å²) in [6, 6.07) is 0. The molecule has 0 amide bonds. The fourth-order valence-electron chi connectivity index (χ4n) is 0.920. The maximum Gasteiger partial charge on any atom is 0.320 e. The molecule has 0 aromatic rings. The SMILES string of the molecule is C#COC(=O)CC(CC)CC. The van der Waals surface area contributed by atoms with Crippen molar-refractivity contribution in [3.63, 3.8) is 0 Å². The molecule has 0 N–H and O–H groups in total. The highest BCUT2D eigenvalue weighted by molar-refractivity contribution is 5.70. The van der Waals surface area contributed by atoms with E-state index in [1.54, 1.807) is 0 Å². The second-order valence-corrected chi connectivity index (χ2v) is 2.48. The minimum absolute atomic E-state index is 0.291. The van der Waals surface area contributed by atoms with Crippen LogP contribution >= 0.6 is 0 Å². The average Bonchev–Trinajstić information content (AvgIpc) is 2.01. The third-order valence-electron chi connectivity index (χ3n) is 1.78. The predicted octanol–water partition coefficient (Wildman–Crippen LogP) is 1.95. The quantitative estimate of drug-likeness (QED) is 0.457. The number of terminal acetylenes is 1. The largest absolute Gasteiger partial charge is 0.372 e. The molecule has 62 valence electrons. The van der Waals surface area contributed by atoms with E-state index in [0.717, 1.165) is 12.8 Å². The van der Waals surface area contributed by atoms with Crippen LogP contribution in [0.1, 0.15) is 33.1 Å². The van der Waals surface area contributed by atoms with Gasteiger partial charge in [-0.25, -0.2) is 0 Å². The first kappa shape index (κ1) is 10.0. The van der Waals surface area contributed by atoms with E-state index in [4.69, 9.17) is 6.42 Å². The van der Waals surface area contributed by atoms with Crippen molar-refractivity contribution in [2.75, 3.05) is 0 Å². The lowest BCUT2D eigenvalue weighted by molar-refractivity contribution is -0.137. The van der Waals surface area contributed by atoms with Crippen LogP contribution in [-0.4, -0.2) is 5.97 Å². The van der Waals surface area contributed by atoms with Crippen molar-refractivity contribution < 1.29 is 9.53 Å². The molecule has 0 saturated heterocycles. The van der Waals surface area contributed by atoms with Crippen molar-refractivity contribution in [3.05, 3.63) is 0 Å². The average molecular weight is 154 g/mol. The summed E-state index contributed by atoms with van der Waals surface area (Å²) in [6.07, 6.45) is 9.10. The van der Waals surface area contributed by atoms with Crippen molar-refractivity contribution in [1.29, 1.82) is 0 Å². The zero-order chi connectivity index (χ0) is 8.69. The maximum absolute atomic E-state index is 10.8. The number of hydrogen-bond donors (Lipinski definition) is 0. The summed E-state index contributed by atoms with van der Waals surface area (Å²) in [6.45, 7) is 4.11. The lowest BCUT2D eigenvalue weighted by atomic mass is 10.00. The predicted molar refractivity (Wildman–Crippen MR) is 43.6 cm³/mol. The molecule has 2 heteroatoms. The van der Waals surface area contributed by atoms with Crippen LogP contribution in [0.2, 0.25) is 0 Å². The minimum Gasteiger partial charge on any atom is -0.372 e. The smallest absolute Gasteiger partial charge is 0.320 e. The molecule has 0 fully saturated rings. The van der Waals surface area contributed by atoms with E-state index in [-0.39, 0.29) is 5.97 Å². The van der Waals surface area contributed by atoms with Gasteiger partial charge in [0.1, 0.15) is 6.11 Å². The molecular weight excluding hydrogens is 140 g/mol. The number of hydrogen-bond acceptors (Lipinski definition) is 2. The van der Waals surface area contributed by atoms with E-state index in [1.807, 2.05) is 6.11 Å². The highest BCUT2D eigenvalue weighted by Crippen LogP contribution is 2.12. The molecule has 11 heavy (non-hydrogen) atoms. The molecule has 0 aromatic carbocycles. The fourth-order valence-corrected chi connectivity index (χ4v) is 0.920. The van der Waals surface area contributed by atoms with Gasteiger partial charge in [0, 0.05) is 6.42 Å². The fraction of sp³-hybridized carbons (Fsp3) is 0.667. The normalized spacial score (nSPS) is 9.27. The number of ether oxygens (including phenoxy) is 1. The Morgan fingerprint density at radius 1 is 1.55 bits per heavy atom. The van der Waals surface area contributed by atoms with Gasteiger partial charge in [0.2, 0.25) is 0 Å². The summed E-state index contributed by atoms with van der Waals surface area (Å²) in [7, 11) is 0. The summed E-state index contributed by atoms with van der Waals surface area (Å²) in [5, 5.41) is 0. The van der Waals surface area contributed by atoms with Crippen molar-refractivity contribution in [2.45, 2.75) is 33.1 Å². The summed E-state index contributed by atoms with van der Waals surface area (Å²) in [4.78, 5) is 10.8. The van der Waals surface area contributed by atoms with Crippen LogP contribution in [-0.2, 0) is 9.53 Å². The van der Waals surface area contributed by atoms with Gasteiger partial charge in [-0.1, -0.05) is 33.1 Å². The van der Waals surface area contributed by atoms with Crippen LogP contribution in [0.3, 0.4) is 0 Å². The first-order valence-corrected chi connectivity index (χ1v) is 3.89. The van der Waals surface area contributed by atoms with Gasteiger partial charge in [0.25, 0.3) is 0 Å². The number of carbonyl (C=O) groups is 1. The van der Waals surface area contributed by atoms with Crippen LogP contribution in [0.25, 0.3) is 0 Å². The summed E-state index contributed by atoms with van der Waals surface area (Å²) in [5.74, 6) is 0.122. The third-order valence-corrected chi connectivity index (χ3v) is 1.78. The number of carbonyl (C=O) groups excluding carboxylic acids is 1. The number of rotatable bonds is 4. The second-order valence-electron chi connectivity index (χ2n) is 2.48. The zero-order valence-corrected chi connectivity index (χ0v) is 7.09. The Bertz CT molecular complexity index is 151. The van der Waals surface area contributed by atoms with Crippen LogP contribution in [0.15, 0.2) is 0 Å². The molecule has 0 atom stereocenters. The van der Waals surface area contributed by atoms with Crippen molar-refractivity contribution in [3.8, 4) is 12.5 Å². The van der Waals surface area contributed by atoms with Gasteiger partial charge in [-0.15, -0.1) is 0 Å². The molecule has 0 unspecified atom stereocenters. The first-order valence-electron chi connectivity index (χ1n) is 3.89. The minimum atomic E-state index is -0.291. The summed E-state index contributed by atoms with van der Waals surface area (Å²) < 4.78 is 4.36. The van der Waals surface area contributed by atoms with Crippen LogP contribution in [0.5, 0.6) is 0 Å². The number of esters is 1. The lowest BCUT2D eigenvalue weighted by Gasteiger charge is -2.08. The van der Waals surface area contributed by atoms with E-state index in [9.17, 15) is 4.79 Å². The van der Waals surface area contributed by atoms with Gasteiger partial charge in [-0.3, -0.25) is 4.79 Å². The van der Waals surface area contributed by atoms with Gasteiger partial charge in [-0.2, -0.15) is 0 Å². The van der Waals surface area contributed by atoms with Gasteiger partial charge >= 0.3 is 5.97 Å². The van der Waals surface area contributed by atoms with Gasteiger partial charge in [0.05, 0.1) is 0 Å². The highest BCUT2D eigenvalue weighted by atomic mass is 16.5. The van der Waals surface area contributed by atoms with E-state index >= 15 is 0 Å². The lowest BCUT2D eigenvalue weighted by Crippen LogP contribution is -2.07. The standard InChI is InChI=1S/C9H14O2/c1-4-8(5-2)7-9(10)11-6-3/h3,8H,4-5,7H2,1-2H3. The zero-order valence-electron chi connectivity index (χ0n) is 7.09. The molecule has 0 aromatic heterocycles. The molecule has 0 aliphatic rings. The molecule has 0 spiro atoms. The second kappa shape index (κ2) is 5.79. The third kappa shape index (κ3) is 4.44. The van der Waals surface area contributed by atoms with Crippen LogP contribution in [0, 0.1) is 18.4 Å². The Labute approximate surface area is 67.9 Å². The molecule has 0 aliphatic carbocycles. The Morgan fingerprint density at radius 2 is 2.09 bits per heavy atom. The van der Waals surface area contributed by atoms with Crippen molar-refractivity contribution in [2.24, 2.45) is 5.92 Å². The monoisotopic (exact) mass is 154 g/mol. The Hall–Kier alpha value is -0.970. The van der Waals surface area contributed by atoms with Crippen LogP contribution in [0.4, 0.5) is 0 Å². The highest BCUT2D eigenvalue weighted by Gasteiger charge is 2.10. The molecular formula is C9H14O2. The van der Waals surface area contributed by atoms with E-state index in [2.05, 4.69) is 18.6 Å². The molecule has 0 saturated carbocycles. The molecule has 0 radical (unpaired) electrons. The van der Waals surface area contributed by atoms with E-state index in [0.29, 0.717) is 12.3 Å². The Morgan fingerprint density at radius 3 is 2.45 bits per heavy atom. The van der Waals surface area contributed by atoms with E-state index < -0.39 is 0 Å². The molecule has 0 aliphatic heterocycles. The Balaban J connectivity index is 3.64. The Kier molecular flexibility index (Phi) is 5.28. The molecule has 0 bridgehead atoms. The van der Waals surface area contributed by atoms with Crippen molar-refractivity contribution >= 4 is 5.97 Å². The molecule has 2 nitrogen and oxygen atoms in total. The van der Waals surface area contributed by atoms with E-state index in [1.165, 1.54) is 0 Å². The molecule has 0 heterocycles. The summed E-state index contributed by atoms with van der Waals surface area (Å²) in [5.41, 5.74) is 0. The maximum atomic E-state index is 10.8. The van der Waals surface area contributed by atoms with Gasteiger partial charge in [0.15, 0.2) is 0 Å². The van der Waals surface area contributed by atoms with Gasteiger partial charge < -0.3 is 4.74 Å². The van der Waals surface area contributed by atoms with Gasteiger partial charge in [-0.05, 0) is 5.92 Å². The van der Waals surface area contributed by atoms with Crippen LogP contribution < -0.4 is 0 Å². The molecule has 0 rings (SSSR count). The first-order chi connectivity index (χ1) is 5.24.